The Morgan fingerprint density at radius 1 is 1.28 bits per heavy atom. The van der Waals surface area contributed by atoms with E-state index in [2.05, 4.69) is 20.3 Å². The summed E-state index contributed by atoms with van der Waals surface area (Å²) in [4.78, 5) is 23.3. The van der Waals surface area contributed by atoms with E-state index in [9.17, 15) is 4.79 Å². The van der Waals surface area contributed by atoms with Crippen LogP contribution in [0.5, 0.6) is 0 Å². The van der Waals surface area contributed by atoms with E-state index in [1.807, 2.05) is 42.2 Å². The number of hydrogen-bond donors (Lipinski definition) is 0. The van der Waals surface area contributed by atoms with Gasteiger partial charge >= 0.3 is 0 Å². The molecule has 3 aromatic rings. The van der Waals surface area contributed by atoms with Crippen molar-refractivity contribution in [3.05, 3.63) is 48.0 Å². The fourth-order valence-corrected chi connectivity index (χ4v) is 3.30. The standard InChI is InChI=1S/C18H20N6O/c1-13-6-9-19-18(20-13)14-7-10-23(12-14)17(25)8-11-24-16-5-3-2-4-15(16)21-22-24/h2-6,9,14H,7-8,10-12H2,1H3. The molecule has 1 saturated heterocycles. The molecule has 1 aliphatic rings. The molecule has 3 heterocycles. The lowest BCUT2D eigenvalue weighted by Crippen LogP contribution is -2.29. The number of hydrogen-bond acceptors (Lipinski definition) is 5. The van der Waals surface area contributed by atoms with Crippen molar-refractivity contribution in [2.24, 2.45) is 0 Å². The minimum atomic E-state index is 0.148. The van der Waals surface area contributed by atoms with Crippen molar-refractivity contribution < 1.29 is 4.79 Å². The van der Waals surface area contributed by atoms with Crippen LogP contribution in [0.4, 0.5) is 0 Å². The molecule has 1 amide bonds. The Kier molecular flexibility index (Phi) is 4.13. The number of carbonyl (C=O) groups excluding carboxylic acids is 1. The van der Waals surface area contributed by atoms with Gasteiger partial charge in [-0.15, -0.1) is 5.10 Å². The maximum atomic E-state index is 12.5. The van der Waals surface area contributed by atoms with Crippen LogP contribution in [-0.2, 0) is 11.3 Å². The molecule has 7 heteroatoms. The Hall–Kier alpha value is -2.83. The van der Waals surface area contributed by atoms with E-state index in [-0.39, 0.29) is 11.8 Å². The molecule has 1 atom stereocenters. The van der Waals surface area contributed by atoms with Crippen LogP contribution in [0.3, 0.4) is 0 Å². The first-order valence-corrected chi connectivity index (χ1v) is 8.56. The minimum absolute atomic E-state index is 0.148. The lowest BCUT2D eigenvalue weighted by Gasteiger charge is -2.16. The van der Waals surface area contributed by atoms with Gasteiger partial charge in [0.2, 0.25) is 5.91 Å². The van der Waals surface area contributed by atoms with E-state index in [0.717, 1.165) is 35.5 Å². The summed E-state index contributed by atoms with van der Waals surface area (Å²) in [7, 11) is 0. The topological polar surface area (TPSA) is 76.8 Å². The Morgan fingerprint density at radius 3 is 3.04 bits per heavy atom. The SMILES string of the molecule is Cc1ccnc(C2CCN(C(=O)CCn3nnc4ccccc43)C2)n1. The summed E-state index contributed by atoms with van der Waals surface area (Å²) in [6, 6.07) is 9.68. The van der Waals surface area contributed by atoms with Crippen LogP contribution in [0.2, 0.25) is 0 Å². The number of para-hydroxylation sites is 1. The zero-order chi connectivity index (χ0) is 17.2. The smallest absolute Gasteiger partial charge is 0.224 e. The Balaban J connectivity index is 1.37. The van der Waals surface area contributed by atoms with Gasteiger partial charge < -0.3 is 4.90 Å². The molecule has 1 fully saturated rings. The molecule has 0 spiro atoms. The third-order valence-corrected chi connectivity index (χ3v) is 4.68. The minimum Gasteiger partial charge on any atom is -0.342 e. The molecule has 0 aliphatic carbocycles. The van der Waals surface area contributed by atoms with Crippen molar-refractivity contribution in [1.29, 1.82) is 0 Å². The van der Waals surface area contributed by atoms with Crippen molar-refractivity contribution in [3.8, 4) is 0 Å². The van der Waals surface area contributed by atoms with Crippen molar-refractivity contribution in [1.82, 2.24) is 29.9 Å². The van der Waals surface area contributed by atoms with Crippen LogP contribution in [-0.4, -0.2) is 48.9 Å². The number of likely N-dealkylation sites (tertiary alicyclic amines) is 1. The molecule has 25 heavy (non-hydrogen) atoms. The van der Waals surface area contributed by atoms with Crippen molar-refractivity contribution in [2.75, 3.05) is 13.1 Å². The quantitative estimate of drug-likeness (QED) is 0.728. The van der Waals surface area contributed by atoms with Crippen LogP contribution in [0, 0.1) is 6.92 Å². The molecule has 1 unspecified atom stereocenters. The highest BCUT2D eigenvalue weighted by molar-refractivity contribution is 5.77. The summed E-state index contributed by atoms with van der Waals surface area (Å²) in [5.74, 6) is 1.23. The van der Waals surface area contributed by atoms with Gasteiger partial charge in [-0.3, -0.25) is 4.79 Å². The summed E-state index contributed by atoms with van der Waals surface area (Å²) < 4.78 is 1.80. The maximum absolute atomic E-state index is 12.5. The van der Waals surface area contributed by atoms with Gasteiger partial charge in [-0.05, 0) is 31.5 Å². The molecule has 1 aromatic carbocycles. The van der Waals surface area contributed by atoms with Gasteiger partial charge in [-0.1, -0.05) is 17.3 Å². The van der Waals surface area contributed by atoms with Gasteiger partial charge in [0.1, 0.15) is 11.3 Å². The summed E-state index contributed by atoms with van der Waals surface area (Å²) in [5.41, 5.74) is 2.78. The first kappa shape index (κ1) is 15.7. The second-order valence-electron chi connectivity index (χ2n) is 6.43. The summed E-state index contributed by atoms with van der Waals surface area (Å²) in [5, 5.41) is 8.27. The van der Waals surface area contributed by atoms with Crippen LogP contribution in [0.1, 0.15) is 30.3 Å². The van der Waals surface area contributed by atoms with Crippen LogP contribution in [0.15, 0.2) is 36.5 Å². The Labute approximate surface area is 145 Å². The molecule has 128 valence electrons. The monoisotopic (exact) mass is 336 g/mol. The van der Waals surface area contributed by atoms with E-state index in [4.69, 9.17) is 0 Å². The highest BCUT2D eigenvalue weighted by atomic mass is 16.2. The average molecular weight is 336 g/mol. The largest absolute Gasteiger partial charge is 0.342 e. The molecule has 4 rings (SSSR count). The number of amides is 1. The second kappa shape index (κ2) is 6.58. The highest BCUT2D eigenvalue weighted by Crippen LogP contribution is 2.25. The second-order valence-corrected chi connectivity index (χ2v) is 6.43. The first-order chi connectivity index (χ1) is 12.2. The van der Waals surface area contributed by atoms with Crippen LogP contribution >= 0.6 is 0 Å². The summed E-state index contributed by atoms with van der Waals surface area (Å²) in [6.45, 7) is 3.96. The molecule has 0 bridgehead atoms. The van der Waals surface area contributed by atoms with Crippen LogP contribution in [0.25, 0.3) is 11.0 Å². The fraction of sp³-hybridized carbons (Fsp3) is 0.389. The zero-order valence-electron chi connectivity index (χ0n) is 14.2. The van der Waals surface area contributed by atoms with Crippen molar-refractivity contribution in [3.63, 3.8) is 0 Å². The number of aromatic nitrogens is 5. The van der Waals surface area contributed by atoms with E-state index in [1.54, 1.807) is 10.9 Å². The lowest BCUT2D eigenvalue weighted by molar-refractivity contribution is -0.130. The van der Waals surface area contributed by atoms with Crippen LogP contribution < -0.4 is 0 Å². The summed E-state index contributed by atoms with van der Waals surface area (Å²) >= 11 is 0. The Bertz CT molecular complexity index is 905. The normalized spacial score (nSPS) is 17.3. The van der Waals surface area contributed by atoms with E-state index >= 15 is 0 Å². The molecule has 0 N–H and O–H groups in total. The number of fused-ring (bicyclic) bond motifs is 1. The first-order valence-electron chi connectivity index (χ1n) is 8.56. The maximum Gasteiger partial charge on any atom is 0.224 e. The fourth-order valence-electron chi connectivity index (χ4n) is 3.30. The Morgan fingerprint density at radius 2 is 2.16 bits per heavy atom. The zero-order valence-corrected chi connectivity index (χ0v) is 14.2. The van der Waals surface area contributed by atoms with Gasteiger partial charge in [0.15, 0.2) is 0 Å². The van der Waals surface area contributed by atoms with Gasteiger partial charge in [0.05, 0.1) is 12.1 Å². The van der Waals surface area contributed by atoms with Gasteiger partial charge in [0.25, 0.3) is 0 Å². The molecule has 2 aromatic heterocycles. The predicted molar refractivity (Wildman–Crippen MR) is 92.9 cm³/mol. The molecular formula is C18H20N6O. The number of benzene rings is 1. The number of nitrogens with zero attached hydrogens (tertiary/aromatic N) is 6. The van der Waals surface area contributed by atoms with E-state index in [1.165, 1.54) is 0 Å². The van der Waals surface area contributed by atoms with Crippen molar-refractivity contribution in [2.45, 2.75) is 32.2 Å². The molecule has 7 nitrogen and oxygen atoms in total. The van der Waals surface area contributed by atoms with E-state index < -0.39 is 0 Å². The molecule has 1 aliphatic heterocycles. The third-order valence-electron chi connectivity index (χ3n) is 4.68. The number of aryl methyl sites for hydroxylation is 2. The van der Waals surface area contributed by atoms with Gasteiger partial charge in [-0.25, -0.2) is 14.6 Å². The number of carbonyl (C=O) groups is 1. The third kappa shape index (κ3) is 3.22. The average Bonchev–Trinajstić information content (AvgIpc) is 3.27. The summed E-state index contributed by atoms with van der Waals surface area (Å²) in [6.07, 6.45) is 3.13. The molecule has 0 radical (unpaired) electrons. The van der Waals surface area contributed by atoms with Gasteiger partial charge in [0, 0.05) is 37.3 Å². The molecule has 0 saturated carbocycles. The predicted octanol–water partition coefficient (Wildman–Crippen LogP) is 1.94. The number of rotatable bonds is 4. The van der Waals surface area contributed by atoms with Gasteiger partial charge in [-0.2, -0.15) is 0 Å². The molecular weight excluding hydrogens is 316 g/mol. The highest BCUT2D eigenvalue weighted by Gasteiger charge is 2.28. The van der Waals surface area contributed by atoms with E-state index in [0.29, 0.717) is 19.5 Å². The lowest BCUT2D eigenvalue weighted by atomic mass is 10.1. The van der Waals surface area contributed by atoms with Crippen molar-refractivity contribution >= 4 is 16.9 Å².